The number of carbonyl (C=O) groups is 2. The summed E-state index contributed by atoms with van der Waals surface area (Å²) in [6.07, 6.45) is 1.93. The van der Waals surface area contributed by atoms with Crippen LogP contribution >= 0.6 is 0 Å². The Kier molecular flexibility index (Phi) is 2.98. The first kappa shape index (κ1) is 12.4. The summed E-state index contributed by atoms with van der Waals surface area (Å²) in [6, 6.07) is 8.74. The van der Waals surface area contributed by atoms with Crippen molar-refractivity contribution in [3.63, 3.8) is 0 Å². The highest BCUT2D eigenvalue weighted by Crippen LogP contribution is 2.35. The molecule has 0 fully saturated rings. The standard InChI is InChI=1S/C14H13N3O3/c18-13(11-5-7-15-16-11)17-8-6-10(14(19)20)9-3-1-2-4-12(9)17/h1-5,7,10H,6,8H2,(H,15,16)(H,19,20). The van der Waals surface area contributed by atoms with E-state index in [-0.39, 0.29) is 5.91 Å². The molecule has 1 unspecified atom stereocenters. The number of anilines is 1. The molecule has 1 aliphatic heterocycles. The van der Waals surface area contributed by atoms with Crippen LogP contribution in [0.5, 0.6) is 0 Å². The van der Waals surface area contributed by atoms with Crippen LogP contribution in [0.25, 0.3) is 0 Å². The summed E-state index contributed by atoms with van der Waals surface area (Å²) in [4.78, 5) is 25.3. The Balaban J connectivity index is 2.01. The van der Waals surface area contributed by atoms with Crippen LogP contribution in [-0.4, -0.2) is 33.7 Å². The van der Waals surface area contributed by atoms with E-state index in [0.29, 0.717) is 29.9 Å². The van der Waals surface area contributed by atoms with Crippen LogP contribution in [0.1, 0.15) is 28.4 Å². The summed E-state index contributed by atoms with van der Waals surface area (Å²) in [6.45, 7) is 0.381. The zero-order valence-electron chi connectivity index (χ0n) is 10.6. The third kappa shape index (κ3) is 1.95. The van der Waals surface area contributed by atoms with Gasteiger partial charge in [-0.25, -0.2) is 0 Å². The van der Waals surface area contributed by atoms with Crippen molar-refractivity contribution < 1.29 is 14.7 Å². The number of fused-ring (bicyclic) bond motifs is 1. The molecule has 6 nitrogen and oxygen atoms in total. The molecule has 1 aromatic carbocycles. The van der Waals surface area contributed by atoms with E-state index in [1.54, 1.807) is 35.2 Å². The van der Waals surface area contributed by atoms with Crippen LogP contribution in [0.2, 0.25) is 0 Å². The number of hydrogen-bond acceptors (Lipinski definition) is 3. The lowest BCUT2D eigenvalue weighted by Crippen LogP contribution is -2.38. The van der Waals surface area contributed by atoms with Crippen LogP contribution < -0.4 is 4.90 Å². The number of aromatic amines is 1. The summed E-state index contributed by atoms with van der Waals surface area (Å²) in [7, 11) is 0. The minimum Gasteiger partial charge on any atom is -0.481 e. The number of para-hydroxylation sites is 1. The van der Waals surface area contributed by atoms with E-state index in [1.807, 2.05) is 0 Å². The van der Waals surface area contributed by atoms with Gasteiger partial charge in [-0.05, 0) is 24.1 Å². The van der Waals surface area contributed by atoms with E-state index in [1.165, 1.54) is 6.20 Å². The molecule has 1 amide bonds. The van der Waals surface area contributed by atoms with Gasteiger partial charge in [0.25, 0.3) is 5.91 Å². The number of aromatic nitrogens is 2. The topological polar surface area (TPSA) is 86.3 Å². The Morgan fingerprint density at radius 1 is 1.30 bits per heavy atom. The molecule has 1 atom stereocenters. The fourth-order valence-corrected chi connectivity index (χ4v) is 2.55. The molecule has 1 aliphatic rings. The number of nitrogens with zero attached hydrogens (tertiary/aromatic N) is 2. The third-order valence-corrected chi connectivity index (χ3v) is 3.52. The average molecular weight is 271 g/mol. The summed E-state index contributed by atoms with van der Waals surface area (Å²) in [5, 5.41) is 15.7. The van der Waals surface area contributed by atoms with Gasteiger partial charge in [0.2, 0.25) is 0 Å². The molecule has 3 rings (SSSR count). The molecule has 0 saturated heterocycles. The number of carbonyl (C=O) groups excluding carboxylic acids is 1. The summed E-state index contributed by atoms with van der Waals surface area (Å²) < 4.78 is 0. The van der Waals surface area contributed by atoms with Crippen LogP contribution in [0.3, 0.4) is 0 Å². The van der Waals surface area contributed by atoms with Gasteiger partial charge < -0.3 is 10.0 Å². The van der Waals surface area contributed by atoms with E-state index >= 15 is 0 Å². The Bertz CT molecular complexity index is 651. The normalized spacial score (nSPS) is 17.6. The maximum atomic E-state index is 12.4. The van der Waals surface area contributed by atoms with Crippen LogP contribution in [-0.2, 0) is 4.79 Å². The van der Waals surface area contributed by atoms with Crippen LogP contribution in [0, 0.1) is 0 Å². The minimum atomic E-state index is -0.855. The van der Waals surface area contributed by atoms with Crippen molar-refractivity contribution in [2.75, 3.05) is 11.4 Å². The summed E-state index contributed by atoms with van der Waals surface area (Å²) >= 11 is 0. The highest BCUT2D eigenvalue weighted by atomic mass is 16.4. The lowest BCUT2D eigenvalue weighted by molar-refractivity contribution is -0.139. The fraction of sp³-hybridized carbons (Fsp3) is 0.214. The van der Waals surface area contributed by atoms with Crippen molar-refractivity contribution >= 4 is 17.6 Å². The highest BCUT2D eigenvalue weighted by Gasteiger charge is 2.32. The molecule has 2 heterocycles. The number of aliphatic carboxylic acids is 1. The van der Waals surface area contributed by atoms with Gasteiger partial charge in [-0.1, -0.05) is 18.2 Å². The predicted octanol–water partition coefficient (Wildman–Crippen LogP) is 1.63. The Labute approximate surface area is 115 Å². The van der Waals surface area contributed by atoms with Crippen molar-refractivity contribution in [3.05, 3.63) is 47.8 Å². The van der Waals surface area contributed by atoms with Gasteiger partial charge in [0.05, 0.1) is 5.92 Å². The maximum absolute atomic E-state index is 12.4. The van der Waals surface area contributed by atoms with E-state index in [9.17, 15) is 14.7 Å². The molecule has 0 saturated carbocycles. The van der Waals surface area contributed by atoms with Crippen LogP contribution in [0.4, 0.5) is 5.69 Å². The first-order valence-electron chi connectivity index (χ1n) is 6.31. The molecule has 2 aromatic rings. The lowest BCUT2D eigenvalue weighted by atomic mass is 9.90. The molecule has 2 N–H and O–H groups in total. The monoisotopic (exact) mass is 271 g/mol. The van der Waals surface area contributed by atoms with Crippen molar-refractivity contribution in [1.29, 1.82) is 0 Å². The minimum absolute atomic E-state index is 0.196. The van der Waals surface area contributed by atoms with Gasteiger partial charge in [-0.15, -0.1) is 0 Å². The number of amides is 1. The third-order valence-electron chi connectivity index (χ3n) is 3.52. The number of benzene rings is 1. The molecule has 20 heavy (non-hydrogen) atoms. The molecule has 0 spiro atoms. The zero-order chi connectivity index (χ0) is 14.1. The maximum Gasteiger partial charge on any atom is 0.311 e. The van der Waals surface area contributed by atoms with Gasteiger partial charge in [0.1, 0.15) is 5.69 Å². The molecular formula is C14H13N3O3. The fourth-order valence-electron chi connectivity index (χ4n) is 2.55. The molecule has 0 aliphatic carbocycles. The smallest absolute Gasteiger partial charge is 0.311 e. The summed E-state index contributed by atoms with van der Waals surface area (Å²) in [5.74, 6) is -1.61. The molecule has 1 aromatic heterocycles. The van der Waals surface area contributed by atoms with Crippen molar-refractivity contribution in [3.8, 4) is 0 Å². The lowest BCUT2D eigenvalue weighted by Gasteiger charge is -2.32. The molecule has 6 heteroatoms. The van der Waals surface area contributed by atoms with Crippen molar-refractivity contribution in [2.45, 2.75) is 12.3 Å². The summed E-state index contributed by atoms with van der Waals surface area (Å²) in [5.41, 5.74) is 1.73. The number of nitrogens with one attached hydrogen (secondary N) is 1. The van der Waals surface area contributed by atoms with Crippen molar-refractivity contribution in [2.24, 2.45) is 0 Å². The number of hydrogen-bond donors (Lipinski definition) is 2. The molecule has 102 valence electrons. The van der Waals surface area contributed by atoms with E-state index in [2.05, 4.69) is 10.2 Å². The second-order valence-electron chi connectivity index (χ2n) is 4.67. The SMILES string of the molecule is O=C(O)C1CCN(C(=O)c2ccn[nH]2)c2ccccc21. The average Bonchev–Trinajstić information content (AvgIpc) is 2.99. The van der Waals surface area contributed by atoms with Gasteiger partial charge in [0.15, 0.2) is 0 Å². The number of rotatable bonds is 2. The Hall–Kier alpha value is -2.63. The number of H-pyrrole nitrogens is 1. The quantitative estimate of drug-likeness (QED) is 0.869. The highest BCUT2D eigenvalue weighted by molar-refractivity contribution is 6.06. The van der Waals surface area contributed by atoms with Gasteiger partial charge in [-0.2, -0.15) is 5.10 Å². The second kappa shape index (κ2) is 4.80. The van der Waals surface area contributed by atoms with Gasteiger partial charge in [0, 0.05) is 18.4 Å². The van der Waals surface area contributed by atoms with Gasteiger partial charge in [-0.3, -0.25) is 14.7 Å². The predicted molar refractivity (Wildman–Crippen MR) is 71.7 cm³/mol. The second-order valence-corrected chi connectivity index (χ2v) is 4.67. The Morgan fingerprint density at radius 2 is 2.10 bits per heavy atom. The molecular weight excluding hydrogens is 258 g/mol. The first-order valence-corrected chi connectivity index (χ1v) is 6.31. The molecule has 0 radical (unpaired) electrons. The van der Waals surface area contributed by atoms with Crippen molar-refractivity contribution in [1.82, 2.24) is 10.2 Å². The van der Waals surface area contributed by atoms with Gasteiger partial charge >= 0.3 is 5.97 Å². The Morgan fingerprint density at radius 3 is 2.80 bits per heavy atom. The van der Waals surface area contributed by atoms with Crippen LogP contribution in [0.15, 0.2) is 36.5 Å². The molecule has 0 bridgehead atoms. The van der Waals surface area contributed by atoms with E-state index in [4.69, 9.17) is 0 Å². The number of carboxylic acids is 1. The first-order chi connectivity index (χ1) is 9.68. The zero-order valence-corrected chi connectivity index (χ0v) is 10.6. The largest absolute Gasteiger partial charge is 0.481 e. The number of carboxylic acid groups (broad SMARTS) is 1. The van der Waals surface area contributed by atoms with E-state index < -0.39 is 11.9 Å². The van der Waals surface area contributed by atoms with E-state index in [0.717, 1.165) is 0 Å².